The van der Waals surface area contributed by atoms with E-state index in [1.807, 2.05) is 54.6 Å². The molecule has 6 heteroatoms. The van der Waals surface area contributed by atoms with Gasteiger partial charge in [-0.15, -0.1) is 0 Å². The summed E-state index contributed by atoms with van der Waals surface area (Å²) in [5.41, 5.74) is 1.06. The number of unbranched alkanes of at least 4 members (excludes halogenated alkanes) is 3. The number of benzene rings is 2. The van der Waals surface area contributed by atoms with E-state index in [0.717, 1.165) is 42.9 Å². The molecule has 5 nitrogen and oxygen atoms in total. The minimum atomic E-state index is -3.42. The smallest absolute Gasteiger partial charge is 0.236 e. The largest absolute Gasteiger partial charge is 0.457 e. The van der Waals surface area contributed by atoms with Gasteiger partial charge in [0.15, 0.2) is 0 Å². The second-order valence-electron chi connectivity index (χ2n) is 7.42. The molecule has 0 saturated carbocycles. The highest BCUT2D eigenvalue weighted by Gasteiger charge is 2.25. The molecule has 0 spiro atoms. The molecule has 0 aliphatic carbocycles. The van der Waals surface area contributed by atoms with Crippen molar-refractivity contribution >= 4 is 15.7 Å². The van der Waals surface area contributed by atoms with Crippen molar-refractivity contribution in [2.75, 3.05) is 31.1 Å². The predicted octanol–water partition coefficient (Wildman–Crippen LogP) is 5.03. The van der Waals surface area contributed by atoms with Crippen LogP contribution in [0.1, 0.15) is 32.6 Å². The molecule has 0 aromatic heterocycles. The highest BCUT2D eigenvalue weighted by Crippen LogP contribution is 2.25. The van der Waals surface area contributed by atoms with Gasteiger partial charge in [0, 0.05) is 44.4 Å². The molecule has 0 N–H and O–H groups in total. The molecule has 31 heavy (non-hydrogen) atoms. The van der Waals surface area contributed by atoms with Crippen molar-refractivity contribution in [1.82, 2.24) is 4.31 Å². The number of hydrogen-bond donors (Lipinski definition) is 0. The van der Waals surface area contributed by atoms with Crippen LogP contribution in [0.15, 0.2) is 66.1 Å². The highest BCUT2D eigenvalue weighted by molar-refractivity contribution is 7.92. The first-order valence-corrected chi connectivity index (χ1v) is 12.3. The number of allylic oxidation sites excluding steroid dienone is 1. The maximum absolute atomic E-state index is 12.5. The highest BCUT2D eigenvalue weighted by atomic mass is 32.2. The third-order valence-electron chi connectivity index (χ3n) is 5.11. The SMILES string of the molecule is CCCCCC#CC=CS(=O)(=O)N1CCN(c2ccc(Oc3ccccc3)cc2)CC1. The molecule has 3 rings (SSSR count). The lowest BCUT2D eigenvalue weighted by atomic mass is 10.2. The zero-order valence-electron chi connectivity index (χ0n) is 18.0. The van der Waals surface area contributed by atoms with Gasteiger partial charge in [-0.25, -0.2) is 8.42 Å². The molecule has 0 atom stereocenters. The van der Waals surface area contributed by atoms with E-state index < -0.39 is 10.0 Å². The van der Waals surface area contributed by atoms with Gasteiger partial charge in [0.05, 0.1) is 5.41 Å². The summed E-state index contributed by atoms with van der Waals surface area (Å²) in [4.78, 5) is 2.19. The fraction of sp³-hybridized carbons (Fsp3) is 0.360. The molecule has 2 aromatic carbocycles. The van der Waals surface area contributed by atoms with E-state index in [9.17, 15) is 8.42 Å². The van der Waals surface area contributed by atoms with Gasteiger partial charge in [0.2, 0.25) is 10.0 Å². The van der Waals surface area contributed by atoms with Crippen LogP contribution >= 0.6 is 0 Å². The van der Waals surface area contributed by atoms with E-state index in [1.165, 1.54) is 15.8 Å². The topological polar surface area (TPSA) is 49.9 Å². The van der Waals surface area contributed by atoms with Gasteiger partial charge in [0.1, 0.15) is 11.5 Å². The number of piperazine rings is 1. The number of hydrogen-bond acceptors (Lipinski definition) is 4. The number of rotatable bonds is 8. The Morgan fingerprint density at radius 2 is 1.61 bits per heavy atom. The number of nitrogens with zero attached hydrogens (tertiary/aromatic N) is 2. The molecule has 1 aliphatic rings. The van der Waals surface area contributed by atoms with E-state index in [2.05, 4.69) is 23.7 Å². The molecule has 164 valence electrons. The number of anilines is 1. The van der Waals surface area contributed by atoms with E-state index in [0.29, 0.717) is 26.2 Å². The molecule has 0 bridgehead atoms. The van der Waals surface area contributed by atoms with Crippen molar-refractivity contribution in [3.8, 4) is 23.3 Å². The van der Waals surface area contributed by atoms with Crippen LogP contribution in [0.3, 0.4) is 0 Å². The Hall–Kier alpha value is -2.75. The minimum Gasteiger partial charge on any atom is -0.457 e. The summed E-state index contributed by atoms with van der Waals surface area (Å²) in [5, 5.41) is 1.23. The third-order valence-corrected chi connectivity index (χ3v) is 6.67. The van der Waals surface area contributed by atoms with Gasteiger partial charge in [-0.1, -0.05) is 49.8 Å². The zero-order chi connectivity index (χ0) is 21.9. The van der Waals surface area contributed by atoms with E-state index in [-0.39, 0.29) is 0 Å². The monoisotopic (exact) mass is 438 g/mol. The zero-order valence-corrected chi connectivity index (χ0v) is 18.9. The Balaban J connectivity index is 1.49. The third kappa shape index (κ3) is 7.16. The number of para-hydroxylation sites is 1. The van der Waals surface area contributed by atoms with Gasteiger partial charge in [-0.05, 0) is 42.8 Å². The second kappa shape index (κ2) is 11.6. The van der Waals surface area contributed by atoms with Crippen molar-refractivity contribution in [3.63, 3.8) is 0 Å². The quantitative estimate of drug-likeness (QED) is 0.429. The van der Waals surface area contributed by atoms with Gasteiger partial charge < -0.3 is 9.64 Å². The molecular formula is C25H30N2O3S. The van der Waals surface area contributed by atoms with Crippen molar-refractivity contribution < 1.29 is 13.2 Å². The maximum atomic E-state index is 12.5. The predicted molar refractivity (Wildman–Crippen MR) is 127 cm³/mol. The van der Waals surface area contributed by atoms with Gasteiger partial charge >= 0.3 is 0 Å². The Labute approximate surface area is 186 Å². The van der Waals surface area contributed by atoms with Crippen LogP contribution in [0.25, 0.3) is 0 Å². The summed E-state index contributed by atoms with van der Waals surface area (Å²) in [5.74, 6) is 7.42. The van der Waals surface area contributed by atoms with Crippen LogP contribution in [0.4, 0.5) is 5.69 Å². The lowest BCUT2D eigenvalue weighted by Gasteiger charge is -2.34. The summed E-state index contributed by atoms with van der Waals surface area (Å²) in [6.45, 7) is 4.36. The van der Waals surface area contributed by atoms with Crippen molar-refractivity contribution in [1.29, 1.82) is 0 Å². The van der Waals surface area contributed by atoms with E-state index in [1.54, 1.807) is 0 Å². The standard InChI is InChI=1S/C25H30N2O3S/c1-2-3-4-5-6-7-11-22-31(28,29)27-20-18-26(19-21-27)23-14-16-25(17-15-23)30-24-12-9-8-10-13-24/h8-17,22H,2-5,18-21H2,1H3. The molecule has 1 aliphatic heterocycles. The van der Waals surface area contributed by atoms with Crippen LogP contribution in [0.2, 0.25) is 0 Å². The van der Waals surface area contributed by atoms with Crippen LogP contribution in [0, 0.1) is 11.8 Å². The Bertz CT molecular complexity index is 998. The Morgan fingerprint density at radius 1 is 0.935 bits per heavy atom. The first-order valence-electron chi connectivity index (χ1n) is 10.8. The lowest BCUT2D eigenvalue weighted by Crippen LogP contribution is -2.48. The lowest BCUT2D eigenvalue weighted by molar-refractivity contribution is 0.390. The maximum Gasteiger partial charge on any atom is 0.236 e. The molecule has 1 fully saturated rings. The summed E-state index contributed by atoms with van der Waals surface area (Å²) in [6, 6.07) is 17.6. The van der Waals surface area contributed by atoms with Gasteiger partial charge in [0.25, 0.3) is 0 Å². The average molecular weight is 439 g/mol. The van der Waals surface area contributed by atoms with Gasteiger partial charge in [-0.3, -0.25) is 0 Å². The molecule has 0 unspecified atom stereocenters. The Morgan fingerprint density at radius 3 is 2.29 bits per heavy atom. The summed E-state index contributed by atoms with van der Waals surface area (Å²) >= 11 is 0. The summed E-state index contributed by atoms with van der Waals surface area (Å²) in [6.07, 6.45) is 5.64. The molecular weight excluding hydrogens is 408 g/mol. The van der Waals surface area contributed by atoms with Crippen molar-refractivity contribution in [3.05, 3.63) is 66.1 Å². The van der Waals surface area contributed by atoms with Crippen molar-refractivity contribution in [2.45, 2.75) is 32.6 Å². The molecule has 2 aromatic rings. The first kappa shape index (κ1) is 22.9. The van der Waals surface area contributed by atoms with Crippen molar-refractivity contribution in [2.24, 2.45) is 0 Å². The van der Waals surface area contributed by atoms with Crippen LogP contribution in [0.5, 0.6) is 11.5 Å². The normalized spacial score (nSPS) is 14.9. The number of sulfonamides is 1. The van der Waals surface area contributed by atoms with E-state index in [4.69, 9.17) is 4.74 Å². The van der Waals surface area contributed by atoms with Crippen LogP contribution in [-0.4, -0.2) is 38.9 Å². The molecule has 1 saturated heterocycles. The number of ether oxygens (including phenoxy) is 1. The van der Waals surface area contributed by atoms with Crippen LogP contribution < -0.4 is 9.64 Å². The Kier molecular flexibility index (Phi) is 8.57. The van der Waals surface area contributed by atoms with Crippen LogP contribution in [-0.2, 0) is 10.0 Å². The molecule has 0 amide bonds. The summed E-state index contributed by atoms with van der Waals surface area (Å²) < 4.78 is 32.4. The van der Waals surface area contributed by atoms with E-state index >= 15 is 0 Å². The average Bonchev–Trinajstić information content (AvgIpc) is 2.80. The molecule has 1 heterocycles. The second-order valence-corrected chi connectivity index (χ2v) is 9.24. The first-order chi connectivity index (χ1) is 15.1. The molecule has 0 radical (unpaired) electrons. The fourth-order valence-electron chi connectivity index (χ4n) is 3.35. The summed E-state index contributed by atoms with van der Waals surface area (Å²) in [7, 11) is -3.42. The fourth-order valence-corrected chi connectivity index (χ4v) is 4.44. The van der Waals surface area contributed by atoms with Gasteiger partial charge in [-0.2, -0.15) is 4.31 Å². The minimum absolute atomic E-state index is 0.457.